The molecule has 4 nitrogen and oxygen atoms in total. The van der Waals surface area contributed by atoms with Gasteiger partial charge in [-0.05, 0) is 34.0 Å². The Hall–Kier alpha value is -1.66. The van der Waals surface area contributed by atoms with E-state index in [0.717, 1.165) is 16.6 Å². The molecular formula is C12H10N4S2. The van der Waals surface area contributed by atoms with Gasteiger partial charge in [0.15, 0.2) is 0 Å². The van der Waals surface area contributed by atoms with Crippen molar-refractivity contribution in [2.24, 2.45) is 0 Å². The molecule has 0 aliphatic heterocycles. The number of hydrogen-bond donors (Lipinski definition) is 0. The van der Waals surface area contributed by atoms with Crippen molar-refractivity contribution in [1.82, 2.24) is 20.2 Å². The lowest BCUT2D eigenvalue weighted by atomic mass is 10.3. The monoisotopic (exact) mass is 274 g/mol. The first-order valence-electron chi connectivity index (χ1n) is 5.42. The Morgan fingerprint density at radius 3 is 2.78 bits per heavy atom. The van der Waals surface area contributed by atoms with Crippen LogP contribution >= 0.6 is 23.1 Å². The fraction of sp³-hybridized carbons (Fsp3) is 0.0833. The fourth-order valence-electron chi connectivity index (χ4n) is 1.53. The van der Waals surface area contributed by atoms with Gasteiger partial charge in [0.05, 0.1) is 5.69 Å². The Morgan fingerprint density at radius 1 is 1.11 bits per heavy atom. The molecular weight excluding hydrogens is 264 g/mol. The van der Waals surface area contributed by atoms with Gasteiger partial charge in [-0.25, -0.2) is 0 Å². The molecule has 3 aromatic rings. The maximum absolute atomic E-state index is 4.06. The van der Waals surface area contributed by atoms with E-state index in [1.165, 1.54) is 4.88 Å². The van der Waals surface area contributed by atoms with E-state index in [0.29, 0.717) is 0 Å². The van der Waals surface area contributed by atoms with Crippen LogP contribution in [0.25, 0.3) is 5.69 Å². The van der Waals surface area contributed by atoms with Crippen molar-refractivity contribution >= 4 is 23.1 Å². The molecule has 90 valence electrons. The molecule has 0 amide bonds. The van der Waals surface area contributed by atoms with Crippen LogP contribution in [-0.2, 0) is 5.75 Å². The normalized spacial score (nSPS) is 10.7. The number of benzene rings is 1. The van der Waals surface area contributed by atoms with Crippen LogP contribution in [0.1, 0.15) is 4.88 Å². The largest absolute Gasteiger partial charge is 0.214 e. The van der Waals surface area contributed by atoms with Crippen molar-refractivity contribution in [3.8, 4) is 5.69 Å². The van der Waals surface area contributed by atoms with Gasteiger partial charge in [0, 0.05) is 10.6 Å². The third-order valence-corrected chi connectivity index (χ3v) is 4.39. The van der Waals surface area contributed by atoms with Crippen LogP contribution in [0.2, 0.25) is 0 Å². The number of hydrogen-bond acceptors (Lipinski definition) is 5. The third kappa shape index (κ3) is 2.44. The predicted octanol–water partition coefficient (Wildman–Crippen LogP) is 3.02. The van der Waals surface area contributed by atoms with Gasteiger partial charge in [-0.3, -0.25) is 0 Å². The molecule has 0 N–H and O–H groups in total. The minimum absolute atomic E-state index is 0.814. The van der Waals surface area contributed by atoms with Gasteiger partial charge < -0.3 is 0 Å². The van der Waals surface area contributed by atoms with E-state index >= 15 is 0 Å². The highest BCUT2D eigenvalue weighted by atomic mass is 32.2. The van der Waals surface area contributed by atoms with Crippen LogP contribution in [0.4, 0.5) is 0 Å². The van der Waals surface area contributed by atoms with Crippen molar-refractivity contribution in [3.05, 3.63) is 52.7 Å². The molecule has 0 radical (unpaired) electrons. The van der Waals surface area contributed by atoms with Crippen molar-refractivity contribution in [3.63, 3.8) is 0 Å². The summed E-state index contributed by atoms with van der Waals surface area (Å²) in [5, 5.41) is 14.7. The van der Waals surface area contributed by atoms with Crippen LogP contribution in [0.5, 0.6) is 0 Å². The molecule has 0 aliphatic rings. The van der Waals surface area contributed by atoms with Crippen LogP contribution in [0.3, 0.4) is 0 Å². The summed E-state index contributed by atoms with van der Waals surface area (Å²) in [5.74, 6) is 0.894. The van der Waals surface area contributed by atoms with E-state index in [4.69, 9.17) is 0 Å². The molecule has 6 heteroatoms. The van der Waals surface area contributed by atoms with Crippen molar-refractivity contribution in [2.45, 2.75) is 10.9 Å². The molecule has 0 saturated carbocycles. The molecule has 0 fully saturated rings. The number of thioether (sulfide) groups is 1. The lowest BCUT2D eigenvalue weighted by Gasteiger charge is -2.02. The summed E-state index contributed by atoms with van der Waals surface area (Å²) < 4.78 is 1.76. The fourth-order valence-corrected chi connectivity index (χ4v) is 3.19. The highest BCUT2D eigenvalue weighted by Crippen LogP contribution is 2.24. The molecule has 0 saturated heterocycles. The maximum atomic E-state index is 4.06. The van der Waals surface area contributed by atoms with Gasteiger partial charge in [-0.1, -0.05) is 36.0 Å². The van der Waals surface area contributed by atoms with Crippen LogP contribution in [0, 0.1) is 0 Å². The predicted molar refractivity (Wildman–Crippen MR) is 73.0 cm³/mol. The molecule has 18 heavy (non-hydrogen) atoms. The smallest absolute Gasteiger partial charge is 0.188 e. The van der Waals surface area contributed by atoms with E-state index in [1.807, 2.05) is 30.3 Å². The summed E-state index contributed by atoms with van der Waals surface area (Å²) in [5.41, 5.74) is 0.983. The first-order valence-corrected chi connectivity index (χ1v) is 7.29. The zero-order valence-corrected chi connectivity index (χ0v) is 11.1. The van der Waals surface area contributed by atoms with E-state index in [1.54, 1.807) is 27.8 Å². The molecule has 0 atom stereocenters. The zero-order chi connectivity index (χ0) is 12.2. The summed E-state index contributed by atoms with van der Waals surface area (Å²) in [6.45, 7) is 0. The number of nitrogens with zero attached hydrogens (tertiary/aromatic N) is 4. The molecule has 1 aromatic carbocycles. The topological polar surface area (TPSA) is 43.6 Å². The van der Waals surface area contributed by atoms with Gasteiger partial charge in [0.1, 0.15) is 0 Å². The van der Waals surface area contributed by atoms with E-state index in [9.17, 15) is 0 Å². The van der Waals surface area contributed by atoms with E-state index < -0.39 is 0 Å². The molecule has 3 rings (SSSR count). The maximum Gasteiger partial charge on any atom is 0.214 e. The highest BCUT2D eigenvalue weighted by Gasteiger charge is 2.08. The minimum Gasteiger partial charge on any atom is -0.188 e. The highest BCUT2D eigenvalue weighted by molar-refractivity contribution is 7.98. The van der Waals surface area contributed by atoms with E-state index in [-0.39, 0.29) is 0 Å². The number of thiophene rings is 1. The summed E-state index contributed by atoms with van der Waals surface area (Å²) in [7, 11) is 0. The second kappa shape index (κ2) is 5.32. The Kier molecular flexibility index (Phi) is 3.38. The molecule has 2 heterocycles. The quantitative estimate of drug-likeness (QED) is 0.686. The van der Waals surface area contributed by atoms with Gasteiger partial charge in [-0.15, -0.1) is 16.4 Å². The van der Waals surface area contributed by atoms with Crippen LogP contribution in [0.15, 0.2) is 53.0 Å². The Bertz CT molecular complexity index is 604. The van der Waals surface area contributed by atoms with Crippen LogP contribution < -0.4 is 0 Å². The second-order valence-electron chi connectivity index (χ2n) is 3.58. The van der Waals surface area contributed by atoms with E-state index in [2.05, 4.69) is 33.0 Å². The zero-order valence-electron chi connectivity index (χ0n) is 9.43. The van der Waals surface area contributed by atoms with Gasteiger partial charge >= 0.3 is 0 Å². The SMILES string of the molecule is c1ccc(-n2nnnc2SCc2cccs2)cc1. The summed E-state index contributed by atoms with van der Waals surface area (Å²) in [6, 6.07) is 14.1. The average Bonchev–Trinajstić information content (AvgIpc) is 3.09. The molecule has 0 bridgehead atoms. The molecule has 0 aliphatic carbocycles. The number of rotatable bonds is 4. The van der Waals surface area contributed by atoms with Gasteiger partial charge in [0.2, 0.25) is 5.16 Å². The molecule has 0 spiro atoms. The van der Waals surface area contributed by atoms with Crippen molar-refractivity contribution in [2.75, 3.05) is 0 Å². The number of para-hydroxylation sites is 1. The third-order valence-electron chi connectivity index (χ3n) is 2.37. The molecule has 2 aromatic heterocycles. The first-order chi connectivity index (χ1) is 8.93. The lowest BCUT2D eigenvalue weighted by molar-refractivity contribution is 0.756. The Balaban J connectivity index is 1.80. The van der Waals surface area contributed by atoms with Crippen LogP contribution in [-0.4, -0.2) is 20.2 Å². The Morgan fingerprint density at radius 2 is 2.00 bits per heavy atom. The first kappa shape index (κ1) is 11.4. The number of tetrazole rings is 1. The average molecular weight is 274 g/mol. The molecule has 0 unspecified atom stereocenters. The summed E-state index contributed by atoms with van der Waals surface area (Å²) in [6.07, 6.45) is 0. The lowest BCUT2D eigenvalue weighted by Crippen LogP contribution is -1.98. The van der Waals surface area contributed by atoms with Crippen molar-refractivity contribution < 1.29 is 0 Å². The number of aromatic nitrogens is 4. The Labute approximate surface area is 113 Å². The second-order valence-corrected chi connectivity index (χ2v) is 5.55. The standard InChI is InChI=1S/C12H10N4S2/c1-2-5-10(6-3-1)16-12(13-14-15-16)18-9-11-7-4-8-17-11/h1-8H,9H2. The summed E-state index contributed by atoms with van der Waals surface area (Å²) in [4.78, 5) is 1.32. The minimum atomic E-state index is 0.814. The van der Waals surface area contributed by atoms with Crippen molar-refractivity contribution in [1.29, 1.82) is 0 Å². The van der Waals surface area contributed by atoms with Gasteiger partial charge in [-0.2, -0.15) is 4.68 Å². The van der Waals surface area contributed by atoms with Gasteiger partial charge in [0.25, 0.3) is 0 Å². The summed E-state index contributed by atoms with van der Waals surface area (Å²) >= 11 is 3.39.